The van der Waals surface area contributed by atoms with Crippen molar-refractivity contribution in [3.8, 4) is 17.6 Å². The molecule has 3 aromatic rings. The molecule has 0 aromatic heterocycles. The molecule has 182 valence electrons. The molecule has 10 heteroatoms. The van der Waals surface area contributed by atoms with E-state index in [0.717, 1.165) is 9.87 Å². The lowest BCUT2D eigenvalue weighted by Crippen LogP contribution is -2.38. The maximum Gasteiger partial charge on any atom is 0.268 e. The molecule has 0 spiro atoms. The van der Waals surface area contributed by atoms with Crippen molar-refractivity contribution >= 4 is 38.9 Å². The predicted molar refractivity (Wildman–Crippen MR) is 135 cm³/mol. The lowest BCUT2D eigenvalue weighted by atomic mass is 10.1. The van der Waals surface area contributed by atoms with Crippen LogP contribution in [0.15, 0.2) is 65.6 Å². The number of halogens is 1. The number of anilines is 2. The number of aryl methyl sites for hydroxylation is 1. The summed E-state index contributed by atoms with van der Waals surface area (Å²) in [7, 11) is -1.42. The molecule has 0 bridgehead atoms. The van der Waals surface area contributed by atoms with Crippen LogP contribution >= 0.6 is 11.6 Å². The molecule has 0 fully saturated rings. The summed E-state index contributed by atoms with van der Waals surface area (Å²) in [6.45, 7) is 1.23. The van der Waals surface area contributed by atoms with Crippen molar-refractivity contribution in [3.63, 3.8) is 0 Å². The van der Waals surface area contributed by atoms with Crippen LogP contribution in [-0.4, -0.2) is 35.1 Å². The summed E-state index contributed by atoms with van der Waals surface area (Å²) in [5.74, 6) is -0.0586. The van der Waals surface area contributed by atoms with E-state index in [1.807, 2.05) is 0 Å². The Hall–Kier alpha value is -3.74. The highest BCUT2D eigenvalue weighted by Gasteiger charge is 2.30. The molecule has 0 aliphatic heterocycles. The normalized spacial score (nSPS) is 10.8. The van der Waals surface area contributed by atoms with Gasteiger partial charge in [-0.3, -0.25) is 9.10 Å². The Morgan fingerprint density at radius 3 is 2.29 bits per heavy atom. The number of nitriles is 1. The third kappa shape index (κ3) is 6.04. The van der Waals surface area contributed by atoms with Gasteiger partial charge >= 0.3 is 0 Å². The minimum Gasteiger partial charge on any atom is -0.495 e. The molecule has 1 N–H and O–H groups in total. The smallest absolute Gasteiger partial charge is 0.268 e. The van der Waals surface area contributed by atoms with Crippen LogP contribution in [0.4, 0.5) is 11.4 Å². The molecular weight excluding hydrogens is 490 g/mol. The number of sulfonamides is 1. The third-order valence-electron chi connectivity index (χ3n) is 5.12. The molecule has 1 amide bonds. The SMILES string of the molecule is COc1ccc(N(CC(=O)Nc2ccc(CC#N)cc2)S(=O)(=O)c2cc(C)ccc2OC)cc1Cl. The standard InChI is InChI=1S/C25H24ClN3O5S/c1-17-4-10-23(34-3)24(14-17)35(31,32)29(20-9-11-22(33-2)21(26)15-20)16-25(30)28-19-7-5-18(6-8-19)12-13-27/h4-11,14-15H,12,16H2,1-3H3,(H,28,30). The van der Waals surface area contributed by atoms with Gasteiger partial charge < -0.3 is 14.8 Å². The van der Waals surface area contributed by atoms with Crippen molar-refractivity contribution in [1.82, 2.24) is 0 Å². The number of hydrogen-bond donors (Lipinski definition) is 1. The van der Waals surface area contributed by atoms with Crippen LogP contribution in [0, 0.1) is 18.3 Å². The van der Waals surface area contributed by atoms with Gasteiger partial charge in [-0.25, -0.2) is 8.42 Å². The highest BCUT2D eigenvalue weighted by molar-refractivity contribution is 7.93. The number of amides is 1. The van der Waals surface area contributed by atoms with E-state index in [-0.39, 0.29) is 27.8 Å². The van der Waals surface area contributed by atoms with Gasteiger partial charge in [0.1, 0.15) is 22.9 Å². The van der Waals surface area contributed by atoms with E-state index in [0.29, 0.717) is 17.0 Å². The number of nitrogens with zero attached hydrogens (tertiary/aromatic N) is 2. The summed E-state index contributed by atoms with van der Waals surface area (Å²) in [4.78, 5) is 12.9. The minimum atomic E-state index is -4.25. The molecule has 0 radical (unpaired) electrons. The van der Waals surface area contributed by atoms with Gasteiger partial charge in [-0.15, -0.1) is 0 Å². The molecule has 0 aliphatic rings. The fourth-order valence-electron chi connectivity index (χ4n) is 3.36. The monoisotopic (exact) mass is 513 g/mol. The van der Waals surface area contributed by atoms with Crippen LogP contribution in [0.1, 0.15) is 11.1 Å². The quantitative estimate of drug-likeness (QED) is 0.449. The number of ether oxygens (including phenoxy) is 2. The maximum atomic E-state index is 13.8. The maximum absolute atomic E-state index is 13.8. The minimum absolute atomic E-state index is 0.0828. The molecule has 0 aliphatic carbocycles. The average molecular weight is 514 g/mol. The van der Waals surface area contributed by atoms with E-state index in [1.165, 1.54) is 38.5 Å². The number of carbonyl (C=O) groups excluding carboxylic acids is 1. The van der Waals surface area contributed by atoms with Crippen LogP contribution in [0.5, 0.6) is 11.5 Å². The molecule has 0 heterocycles. The van der Waals surface area contributed by atoms with Gasteiger partial charge in [0.05, 0.1) is 37.4 Å². The van der Waals surface area contributed by atoms with E-state index < -0.39 is 22.5 Å². The van der Waals surface area contributed by atoms with E-state index in [1.54, 1.807) is 43.3 Å². The van der Waals surface area contributed by atoms with Crippen molar-refractivity contribution < 1.29 is 22.7 Å². The molecular formula is C25H24ClN3O5S. The fraction of sp³-hybridized carbons (Fsp3) is 0.200. The van der Waals surface area contributed by atoms with Gasteiger partial charge in [0.15, 0.2) is 0 Å². The second-order valence-electron chi connectivity index (χ2n) is 7.56. The molecule has 0 unspecified atom stereocenters. The Morgan fingerprint density at radius 1 is 1.03 bits per heavy atom. The zero-order chi connectivity index (χ0) is 25.6. The van der Waals surface area contributed by atoms with Gasteiger partial charge in [-0.1, -0.05) is 29.8 Å². The molecule has 0 saturated carbocycles. The lowest BCUT2D eigenvalue weighted by Gasteiger charge is -2.25. The number of benzene rings is 3. The lowest BCUT2D eigenvalue weighted by molar-refractivity contribution is -0.114. The number of methoxy groups -OCH3 is 2. The Kier molecular flexibility index (Phi) is 8.22. The van der Waals surface area contributed by atoms with Gasteiger partial charge in [0.25, 0.3) is 10.0 Å². The third-order valence-corrected chi connectivity index (χ3v) is 7.21. The summed E-state index contributed by atoms with van der Waals surface area (Å²) in [6.07, 6.45) is 0.247. The molecule has 3 aromatic carbocycles. The highest BCUT2D eigenvalue weighted by Crippen LogP contribution is 2.34. The predicted octanol–water partition coefficient (Wildman–Crippen LogP) is 4.57. The Bertz CT molecular complexity index is 1370. The van der Waals surface area contributed by atoms with Gasteiger partial charge in [-0.05, 0) is 60.5 Å². The van der Waals surface area contributed by atoms with E-state index in [2.05, 4.69) is 11.4 Å². The highest BCUT2D eigenvalue weighted by atomic mass is 35.5. The van der Waals surface area contributed by atoms with Crippen LogP contribution in [0.3, 0.4) is 0 Å². The average Bonchev–Trinajstić information content (AvgIpc) is 2.83. The molecule has 0 atom stereocenters. The molecule has 3 rings (SSSR count). The van der Waals surface area contributed by atoms with Crippen LogP contribution < -0.4 is 19.1 Å². The summed E-state index contributed by atoms with van der Waals surface area (Å²) in [5, 5.41) is 11.7. The van der Waals surface area contributed by atoms with Crippen molar-refractivity contribution in [2.75, 3.05) is 30.4 Å². The van der Waals surface area contributed by atoms with Crippen molar-refractivity contribution in [2.24, 2.45) is 0 Å². The Morgan fingerprint density at radius 2 is 1.69 bits per heavy atom. The first-order valence-corrected chi connectivity index (χ1v) is 12.3. The number of rotatable bonds is 9. The first-order chi connectivity index (χ1) is 16.7. The summed E-state index contributed by atoms with van der Waals surface area (Å²) >= 11 is 6.27. The van der Waals surface area contributed by atoms with Crippen LogP contribution in [0.2, 0.25) is 5.02 Å². The first kappa shape index (κ1) is 25.9. The van der Waals surface area contributed by atoms with Gasteiger partial charge in [0, 0.05) is 5.69 Å². The number of carbonyl (C=O) groups is 1. The summed E-state index contributed by atoms with van der Waals surface area (Å²) in [5.41, 5.74) is 2.15. The Labute approximate surface area is 209 Å². The zero-order valence-corrected chi connectivity index (χ0v) is 21.0. The topological polar surface area (TPSA) is 109 Å². The Balaban J connectivity index is 2.00. The summed E-state index contributed by atoms with van der Waals surface area (Å²) < 4.78 is 39.0. The zero-order valence-electron chi connectivity index (χ0n) is 19.4. The molecule has 0 saturated heterocycles. The van der Waals surface area contributed by atoms with Crippen molar-refractivity contribution in [3.05, 3.63) is 76.8 Å². The summed E-state index contributed by atoms with van der Waals surface area (Å²) in [6, 6.07) is 18.0. The number of nitrogens with one attached hydrogen (secondary N) is 1. The largest absolute Gasteiger partial charge is 0.495 e. The fourth-order valence-corrected chi connectivity index (χ4v) is 5.27. The van der Waals surface area contributed by atoms with Crippen LogP contribution in [0.25, 0.3) is 0 Å². The van der Waals surface area contributed by atoms with Crippen molar-refractivity contribution in [1.29, 1.82) is 5.26 Å². The van der Waals surface area contributed by atoms with Crippen LogP contribution in [-0.2, 0) is 21.2 Å². The van der Waals surface area contributed by atoms with Gasteiger partial charge in [-0.2, -0.15) is 5.26 Å². The number of hydrogen-bond acceptors (Lipinski definition) is 6. The second-order valence-corrected chi connectivity index (χ2v) is 9.80. The van der Waals surface area contributed by atoms with E-state index in [9.17, 15) is 13.2 Å². The van der Waals surface area contributed by atoms with E-state index >= 15 is 0 Å². The second kappa shape index (κ2) is 11.1. The molecule has 8 nitrogen and oxygen atoms in total. The first-order valence-electron chi connectivity index (χ1n) is 10.5. The van der Waals surface area contributed by atoms with Crippen molar-refractivity contribution in [2.45, 2.75) is 18.2 Å². The van der Waals surface area contributed by atoms with E-state index in [4.69, 9.17) is 26.3 Å². The molecule has 35 heavy (non-hydrogen) atoms. The van der Waals surface area contributed by atoms with Gasteiger partial charge in [0.2, 0.25) is 5.91 Å².